The highest BCUT2D eigenvalue weighted by Gasteiger charge is 2.22. The Morgan fingerprint density at radius 3 is 2.62 bits per heavy atom. The molecular weight excluding hydrogens is 396 g/mol. The molecule has 0 aliphatic heterocycles. The topological polar surface area (TPSA) is 80.7 Å². The fourth-order valence-corrected chi connectivity index (χ4v) is 3.91. The van der Waals surface area contributed by atoms with Crippen LogP contribution in [0.2, 0.25) is 0 Å². The summed E-state index contributed by atoms with van der Waals surface area (Å²) in [6, 6.07) is 27.1. The summed E-state index contributed by atoms with van der Waals surface area (Å²) in [5, 5.41) is 16.9. The van der Waals surface area contributed by atoms with Gasteiger partial charge in [-0.15, -0.1) is 0 Å². The summed E-state index contributed by atoms with van der Waals surface area (Å²) in [6.07, 6.45) is 2.53. The van der Waals surface area contributed by atoms with Gasteiger partial charge < -0.3 is 15.6 Å². The lowest BCUT2D eigenvalue weighted by Gasteiger charge is -2.22. The average molecular weight is 423 g/mol. The van der Waals surface area contributed by atoms with E-state index in [0.29, 0.717) is 18.5 Å². The van der Waals surface area contributed by atoms with Gasteiger partial charge in [-0.3, -0.25) is 4.79 Å². The zero-order chi connectivity index (χ0) is 22.3. The molecule has 4 aromatic rings. The molecule has 0 aliphatic carbocycles. The van der Waals surface area contributed by atoms with E-state index in [4.69, 9.17) is 5.26 Å². The molecule has 4 rings (SSSR count). The van der Waals surface area contributed by atoms with Crippen molar-refractivity contribution in [2.75, 3.05) is 0 Å². The summed E-state index contributed by atoms with van der Waals surface area (Å²) < 4.78 is 0. The van der Waals surface area contributed by atoms with Crippen LogP contribution in [0.3, 0.4) is 0 Å². The second-order valence-corrected chi connectivity index (χ2v) is 7.95. The summed E-state index contributed by atoms with van der Waals surface area (Å²) in [5.41, 5.74) is 4.79. The zero-order valence-electron chi connectivity index (χ0n) is 18.0. The van der Waals surface area contributed by atoms with Gasteiger partial charge in [0.05, 0.1) is 23.7 Å². The average Bonchev–Trinajstić information content (AvgIpc) is 3.25. The van der Waals surface area contributed by atoms with E-state index in [1.54, 1.807) is 6.07 Å². The number of fused-ring (bicyclic) bond motifs is 1. The van der Waals surface area contributed by atoms with Crippen LogP contribution >= 0.6 is 0 Å². The number of nitrogens with one attached hydrogen (secondary N) is 3. The molecule has 0 saturated heterocycles. The second-order valence-electron chi connectivity index (χ2n) is 7.95. The van der Waals surface area contributed by atoms with Gasteiger partial charge in [0.15, 0.2) is 0 Å². The largest absolute Gasteiger partial charge is 0.361 e. The third kappa shape index (κ3) is 5.05. The number of H-pyrrole nitrogens is 1. The van der Waals surface area contributed by atoms with E-state index in [1.165, 1.54) is 0 Å². The monoisotopic (exact) mass is 422 g/mol. The number of aromatic nitrogens is 1. The number of rotatable bonds is 8. The number of hydrogen-bond acceptors (Lipinski definition) is 3. The summed E-state index contributed by atoms with van der Waals surface area (Å²) in [6.45, 7) is 2.49. The minimum Gasteiger partial charge on any atom is -0.361 e. The summed E-state index contributed by atoms with van der Waals surface area (Å²) in [4.78, 5) is 16.6. The Morgan fingerprint density at radius 2 is 1.81 bits per heavy atom. The molecular formula is C27H26N4O. The van der Waals surface area contributed by atoms with Crippen LogP contribution in [0.1, 0.15) is 35.2 Å². The number of aromatic amines is 1. The third-order valence-corrected chi connectivity index (χ3v) is 5.68. The molecule has 0 radical (unpaired) electrons. The standard InChI is InChI=1S/C27H26N4O/c1-19(22-10-3-2-4-11-22)31-27(32)26(29-17-21-9-7-8-20(14-21)16-28)15-23-18-30-25-13-6-5-12-24(23)25/h2-14,18-19,26,29-30H,15,17H2,1H3,(H,31,32)/t19-,26+/m0/s1. The minimum absolute atomic E-state index is 0.0527. The van der Waals surface area contributed by atoms with Crippen LogP contribution in [0.5, 0.6) is 0 Å². The molecule has 5 nitrogen and oxygen atoms in total. The summed E-state index contributed by atoms with van der Waals surface area (Å²) >= 11 is 0. The molecule has 3 aromatic carbocycles. The highest BCUT2D eigenvalue weighted by atomic mass is 16.2. The van der Waals surface area contributed by atoms with Gasteiger partial charge in [-0.25, -0.2) is 0 Å². The quantitative estimate of drug-likeness (QED) is 0.388. The molecule has 1 aromatic heterocycles. The molecule has 0 spiro atoms. The molecule has 1 heterocycles. The number of hydrogen-bond donors (Lipinski definition) is 3. The minimum atomic E-state index is -0.425. The Kier molecular flexibility index (Phi) is 6.64. The fraction of sp³-hybridized carbons (Fsp3) is 0.185. The maximum absolute atomic E-state index is 13.3. The molecule has 0 saturated carbocycles. The number of carbonyl (C=O) groups is 1. The lowest BCUT2D eigenvalue weighted by atomic mass is 10.0. The lowest BCUT2D eigenvalue weighted by Crippen LogP contribution is -2.46. The van der Waals surface area contributed by atoms with Crippen LogP contribution in [-0.2, 0) is 17.8 Å². The van der Waals surface area contributed by atoms with Gasteiger partial charge >= 0.3 is 0 Å². The van der Waals surface area contributed by atoms with Crippen LogP contribution in [0.15, 0.2) is 85.1 Å². The number of nitrogens with zero attached hydrogens (tertiary/aromatic N) is 1. The molecule has 5 heteroatoms. The van der Waals surface area contributed by atoms with Gasteiger partial charge in [-0.2, -0.15) is 5.26 Å². The van der Waals surface area contributed by atoms with Crippen LogP contribution in [-0.4, -0.2) is 16.9 Å². The number of nitriles is 1. The third-order valence-electron chi connectivity index (χ3n) is 5.68. The van der Waals surface area contributed by atoms with Crippen molar-refractivity contribution in [2.45, 2.75) is 32.0 Å². The van der Waals surface area contributed by atoms with Gasteiger partial charge in [-0.05, 0) is 48.2 Å². The molecule has 1 amide bonds. The van der Waals surface area contributed by atoms with Gasteiger partial charge in [0.1, 0.15) is 0 Å². The number of amides is 1. The van der Waals surface area contributed by atoms with E-state index < -0.39 is 6.04 Å². The molecule has 160 valence electrons. The smallest absolute Gasteiger partial charge is 0.237 e. The second kappa shape index (κ2) is 9.95. The molecule has 0 fully saturated rings. The Hall–Kier alpha value is -3.88. The van der Waals surface area contributed by atoms with Crippen molar-refractivity contribution in [3.63, 3.8) is 0 Å². The molecule has 2 atom stereocenters. The van der Waals surface area contributed by atoms with E-state index in [9.17, 15) is 4.79 Å². The maximum atomic E-state index is 13.3. The maximum Gasteiger partial charge on any atom is 0.237 e. The van der Waals surface area contributed by atoms with Gasteiger partial charge in [0, 0.05) is 23.6 Å². The summed E-state index contributed by atoms with van der Waals surface area (Å²) in [5.74, 6) is -0.0527. The van der Waals surface area contributed by atoms with Crippen molar-refractivity contribution in [3.8, 4) is 6.07 Å². The van der Waals surface area contributed by atoms with Crippen LogP contribution in [0, 0.1) is 11.3 Å². The van der Waals surface area contributed by atoms with E-state index >= 15 is 0 Å². The predicted molar refractivity (Wildman–Crippen MR) is 127 cm³/mol. The highest BCUT2D eigenvalue weighted by Crippen LogP contribution is 2.20. The van der Waals surface area contributed by atoms with Crippen LogP contribution < -0.4 is 10.6 Å². The molecule has 0 bridgehead atoms. The first-order valence-corrected chi connectivity index (χ1v) is 10.8. The normalized spacial score (nSPS) is 12.8. The molecule has 3 N–H and O–H groups in total. The Balaban J connectivity index is 1.53. The van der Waals surface area contributed by atoms with Gasteiger partial charge in [0.25, 0.3) is 0 Å². The first kappa shape index (κ1) is 21.4. The SMILES string of the molecule is C[C@H](NC(=O)[C@@H](Cc1c[nH]c2ccccc12)NCc1cccc(C#N)c1)c1ccccc1. The number of benzene rings is 3. The van der Waals surface area contributed by atoms with E-state index in [0.717, 1.165) is 27.6 Å². The van der Waals surface area contributed by atoms with Crippen molar-refractivity contribution >= 4 is 16.8 Å². The lowest BCUT2D eigenvalue weighted by molar-refractivity contribution is -0.123. The van der Waals surface area contributed by atoms with Crippen molar-refractivity contribution in [1.29, 1.82) is 5.26 Å². The first-order valence-electron chi connectivity index (χ1n) is 10.8. The van der Waals surface area contributed by atoms with Crippen molar-refractivity contribution in [1.82, 2.24) is 15.6 Å². The zero-order valence-corrected chi connectivity index (χ0v) is 18.0. The van der Waals surface area contributed by atoms with E-state index in [-0.39, 0.29) is 11.9 Å². The highest BCUT2D eigenvalue weighted by molar-refractivity contribution is 5.86. The Labute approximate surface area is 188 Å². The predicted octanol–water partition coefficient (Wildman–Crippen LogP) is 4.62. The van der Waals surface area contributed by atoms with E-state index in [1.807, 2.05) is 79.9 Å². The van der Waals surface area contributed by atoms with Crippen molar-refractivity contribution < 1.29 is 4.79 Å². The number of para-hydroxylation sites is 1. The Bertz CT molecular complexity index is 1240. The summed E-state index contributed by atoms with van der Waals surface area (Å²) in [7, 11) is 0. The fourth-order valence-electron chi connectivity index (χ4n) is 3.91. The van der Waals surface area contributed by atoms with Crippen molar-refractivity contribution in [3.05, 3.63) is 107 Å². The van der Waals surface area contributed by atoms with Gasteiger partial charge in [0.2, 0.25) is 5.91 Å². The van der Waals surface area contributed by atoms with Gasteiger partial charge in [-0.1, -0.05) is 60.7 Å². The van der Waals surface area contributed by atoms with Crippen molar-refractivity contribution in [2.24, 2.45) is 0 Å². The van der Waals surface area contributed by atoms with Crippen LogP contribution in [0.25, 0.3) is 10.9 Å². The molecule has 32 heavy (non-hydrogen) atoms. The van der Waals surface area contributed by atoms with Crippen LogP contribution in [0.4, 0.5) is 0 Å². The Morgan fingerprint density at radius 1 is 1.03 bits per heavy atom. The molecule has 0 aliphatic rings. The molecule has 0 unspecified atom stereocenters. The van der Waals surface area contributed by atoms with E-state index in [2.05, 4.69) is 27.8 Å². The number of carbonyl (C=O) groups excluding carboxylic acids is 1. The first-order chi connectivity index (χ1) is 15.6.